The van der Waals surface area contributed by atoms with E-state index in [0.29, 0.717) is 5.01 Å². The van der Waals surface area contributed by atoms with Crippen molar-refractivity contribution in [1.82, 2.24) is 20.4 Å². The van der Waals surface area contributed by atoms with E-state index in [1.54, 1.807) is 0 Å². The first-order valence-corrected chi connectivity index (χ1v) is 8.70. The second-order valence-corrected chi connectivity index (χ2v) is 8.76. The summed E-state index contributed by atoms with van der Waals surface area (Å²) in [4.78, 5) is 13.4. The van der Waals surface area contributed by atoms with Crippen molar-refractivity contribution in [2.45, 2.75) is 64.5 Å². The summed E-state index contributed by atoms with van der Waals surface area (Å²) in [6.45, 7) is 8.75. The molecule has 1 aliphatic rings. The first-order chi connectivity index (χ1) is 11.3. The molecule has 10 heteroatoms. The molecule has 2 amide bonds. The van der Waals surface area contributed by atoms with Crippen molar-refractivity contribution < 1.29 is 22.7 Å². The molecule has 0 aromatic carbocycles. The Labute approximate surface area is 148 Å². The van der Waals surface area contributed by atoms with Gasteiger partial charge in [0.05, 0.1) is 25.2 Å². The fraction of sp³-hybridized carbons (Fsp3) is 0.800. The fourth-order valence-corrected chi connectivity index (χ4v) is 3.24. The van der Waals surface area contributed by atoms with E-state index in [9.17, 15) is 18.0 Å². The van der Waals surface area contributed by atoms with Crippen LogP contribution in [0.1, 0.15) is 44.6 Å². The van der Waals surface area contributed by atoms with Crippen molar-refractivity contribution in [1.29, 1.82) is 0 Å². The highest BCUT2D eigenvalue weighted by Gasteiger charge is 2.49. The summed E-state index contributed by atoms with van der Waals surface area (Å²) in [6.07, 6.45) is -6.51. The zero-order chi connectivity index (χ0) is 19.0. The number of hydrogen-bond acceptors (Lipinski definition) is 5. The fourth-order valence-electron chi connectivity index (χ4n) is 2.40. The molecule has 1 aromatic heterocycles. The van der Waals surface area contributed by atoms with Crippen LogP contribution in [0, 0.1) is 0 Å². The Bertz CT molecular complexity index is 625. The molecule has 1 aliphatic heterocycles. The number of nitrogens with zero attached hydrogens (tertiary/aromatic N) is 3. The summed E-state index contributed by atoms with van der Waals surface area (Å²) in [5.41, 5.74) is -1.22. The van der Waals surface area contributed by atoms with Gasteiger partial charge in [-0.3, -0.25) is 0 Å². The molecule has 25 heavy (non-hydrogen) atoms. The third-order valence-electron chi connectivity index (χ3n) is 3.57. The van der Waals surface area contributed by atoms with E-state index in [1.165, 1.54) is 25.2 Å². The van der Waals surface area contributed by atoms with E-state index < -0.39 is 30.5 Å². The van der Waals surface area contributed by atoms with Crippen LogP contribution in [-0.2, 0) is 16.7 Å². The summed E-state index contributed by atoms with van der Waals surface area (Å²) in [6, 6.07) is -0.571. The van der Waals surface area contributed by atoms with Crippen LogP contribution in [0.4, 0.5) is 18.0 Å². The Kier molecular flexibility index (Phi) is 5.34. The molecule has 1 unspecified atom stereocenters. The summed E-state index contributed by atoms with van der Waals surface area (Å²) < 4.78 is 44.0. The van der Waals surface area contributed by atoms with Gasteiger partial charge in [-0.2, -0.15) is 13.2 Å². The van der Waals surface area contributed by atoms with Gasteiger partial charge in [-0.15, -0.1) is 10.2 Å². The van der Waals surface area contributed by atoms with Crippen LogP contribution in [0.2, 0.25) is 0 Å². The van der Waals surface area contributed by atoms with Crippen molar-refractivity contribution in [2.24, 2.45) is 0 Å². The average molecular weight is 380 g/mol. The molecule has 1 saturated heterocycles. The lowest BCUT2D eigenvalue weighted by Gasteiger charge is -2.43. The smallest absolute Gasteiger partial charge is 0.359 e. The van der Waals surface area contributed by atoms with Gasteiger partial charge in [-0.1, -0.05) is 32.1 Å². The number of ether oxygens (including phenoxy) is 1. The largest absolute Gasteiger partial charge is 0.416 e. The third kappa shape index (κ3) is 5.27. The maximum atomic E-state index is 13.0. The molecule has 1 fully saturated rings. The standard InChI is InChI=1S/C15H23F3N4O2S/c1-13(2,3)11-21-20-10(25-11)6-19-12(23)22-7-9(15(16,17)18)24-14(4,5)8-22/h9H,6-8H2,1-5H3,(H,19,23). The van der Waals surface area contributed by atoms with Gasteiger partial charge in [-0.25, -0.2) is 4.79 Å². The van der Waals surface area contributed by atoms with Crippen LogP contribution in [0.25, 0.3) is 0 Å². The maximum Gasteiger partial charge on any atom is 0.416 e. The molecule has 1 atom stereocenters. The zero-order valence-electron chi connectivity index (χ0n) is 14.9. The van der Waals surface area contributed by atoms with Crippen molar-refractivity contribution >= 4 is 17.4 Å². The van der Waals surface area contributed by atoms with Crippen molar-refractivity contribution in [3.8, 4) is 0 Å². The topological polar surface area (TPSA) is 67.4 Å². The number of rotatable bonds is 2. The highest BCUT2D eigenvalue weighted by Crippen LogP contribution is 2.31. The van der Waals surface area contributed by atoms with Crippen LogP contribution in [0.5, 0.6) is 0 Å². The molecule has 1 N–H and O–H groups in total. The lowest BCUT2D eigenvalue weighted by molar-refractivity contribution is -0.267. The van der Waals surface area contributed by atoms with E-state index >= 15 is 0 Å². The molecule has 0 bridgehead atoms. The van der Waals surface area contributed by atoms with Crippen LogP contribution >= 0.6 is 11.3 Å². The van der Waals surface area contributed by atoms with Crippen LogP contribution in [0.3, 0.4) is 0 Å². The SMILES string of the molecule is CC1(C)CN(C(=O)NCc2nnc(C(C)(C)C)s2)CC(C(F)(F)F)O1. The predicted octanol–water partition coefficient (Wildman–Crippen LogP) is 3.09. The molecule has 0 radical (unpaired) electrons. The van der Waals surface area contributed by atoms with E-state index in [1.807, 2.05) is 20.8 Å². The van der Waals surface area contributed by atoms with Gasteiger partial charge in [0.25, 0.3) is 0 Å². The number of urea groups is 1. The van der Waals surface area contributed by atoms with E-state index in [4.69, 9.17) is 4.74 Å². The van der Waals surface area contributed by atoms with Gasteiger partial charge >= 0.3 is 12.2 Å². The quantitative estimate of drug-likeness (QED) is 0.856. The molecule has 1 aromatic rings. The molecule has 2 rings (SSSR count). The second-order valence-electron chi connectivity index (χ2n) is 7.70. The van der Waals surface area contributed by atoms with E-state index in [-0.39, 0.29) is 18.5 Å². The minimum Gasteiger partial charge on any atom is -0.359 e. The van der Waals surface area contributed by atoms with Gasteiger partial charge in [-0.05, 0) is 13.8 Å². The second kappa shape index (κ2) is 6.71. The molecule has 0 aliphatic carbocycles. The monoisotopic (exact) mass is 380 g/mol. The molecule has 142 valence electrons. The lowest BCUT2D eigenvalue weighted by Crippen LogP contribution is -2.60. The third-order valence-corrected chi connectivity index (χ3v) is 4.92. The zero-order valence-corrected chi connectivity index (χ0v) is 15.7. The molecule has 6 nitrogen and oxygen atoms in total. The number of aromatic nitrogens is 2. The maximum absolute atomic E-state index is 13.0. The Balaban J connectivity index is 1.99. The van der Waals surface area contributed by atoms with Crippen LogP contribution in [-0.4, -0.2) is 52.1 Å². The lowest BCUT2D eigenvalue weighted by atomic mass is 9.98. The Morgan fingerprint density at radius 2 is 2.00 bits per heavy atom. The van der Waals surface area contributed by atoms with Crippen molar-refractivity contribution in [3.05, 3.63) is 10.0 Å². The van der Waals surface area contributed by atoms with Crippen LogP contribution in [0.15, 0.2) is 0 Å². The Hall–Kier alpha value is -1.42. The van der Waals surface area contributed by atoms with Crippen LogP contribution < -0.4 is 5.32 Å². The molecular formula is C15H23F3N4O2S. The summed E-state index contributed by atoms with van der Waals surface area (Å²) in [7, 11) is 0. The van der Waals surface area contributed by atoms with Gasteiger partial charge in [0, 0.05) is 5.41 Å². The molecule has 2 heterocycles. The van der Waals surface area contributed by atoms with Gasteiger partial charge in [0.2, 0.25) is 0 Å². The molecule has 0 saturated carbocycles. The summed E-state index contributed by atoms with van der Waals surface area (Å²) in [5.74, 6) is 0. The number of carbonyl (C=O) groups is 1. The number of nitrogens with one attached hydrogen (secondary N) is 1. The van der Waals surface area contributed by atoms with Gasteiger partial charge < -0.3 is 15.0 Å². The first kappa shape index (κ1) is 19.9. The number of amides is 2. The van der Waals surface area contributed by atoms with E-state index in [0.717, 1.165) is 9.91 Å². The number of hydrogen-bond donors (Lipinski definition) is 1. The number of halogens is 3. The molecule has 0 spiro atoms. The number of morpholine rings is 1. The highest BCUT2D eigenvalue weighted by atomic mass is 32.1. The summed E-state index contributed by atoms with van der Waals surface area (Å²) >= 11 is 1.37. The minimum atomic E-state index is -4.52. The number of carbonyl (C=O) groups excluding carboxylic acids is 1. The van der Waals surface area contributed by atoms with Crippen molar-refractivity contribution in [3.63, 3.8) is 0 Å². The first-order valence-electron chi connectivity index (χ1n) is 7.88. The van der Waals surface area contributed by atoms with Gasteiger partial charge in [0.1, 0.15) is 10.0 Å². The Morgan fingerprint density at radius 1 is 1.36 bits per heavy atom. The summed E-state index contributed by atoms with van der Waals surface area (Å²) in [5, 5.41) is 12.2. The van der Waals surface area contributed by atoms with E-state index in [2.05, 4.69) is 15.5 Å². The highest BCUT2D eigenvalue weighted by molar-refractivity contribution is 7.11. The minimum absolute atomic E-state index is 0.0781. The number of alkyl halides is 3. The molecular weight excluding hydrogens is 357 g/mol. The normalized spacial score (nSPS) is 21.3. The van der Waals surface area contributed by atoms with Crippen molar-refractivity contribution in [2.75, 3.05) is 13.1 Å². The predicted molar refractivity (Wildman–Crippen MR) is 87.4 cm³/mol. The van der Waals surface area contributed by atoms with Gasteiger partial charge in [0.15, 0.2) is 6.10 Å². The average Bonchev–Trinajstić information content (AvgIpc) is 2.91. The Morgan fingerprint density at radius 3 is 2.52 bits per heavy atom.